The number of hydroxylamine groups is 1. The Labute approximate surface area is 178 Å². The first-order valence-corrected chi connectivity index (χ1v) is 10.1. The molecule has 1 heterocycles. The molecule has 4 rings (SSSR count). The van der Waals surface area contributed by atoms with Gasteiger partial charge in [-0.2, -0.15) is 0 Å². The van der Waals surface area contributed by atoms with Gasteiger partial charge in [-0.05, 0) is 55.5 Å². The standard InChI is InChI=1S/C22H22ClFN4O2/c1-3-8-28-12-25-18-10-16(22(29)27-30-11-14-4-5-14)20(19(24)21(18)28)26-17-7-6-15(23)9-13(17)2/h3,6-7,9-10,12,14,26H,1,4-5,8,11H2,2H3,(H,27,29). The van der Waals surface area contributed by atoms with E-state index in [0.29, 0.717) is 40.8 Å². The highest BCUT2D eigenvalue weighted by Gasteiger charge is 2.24. The van der Waals surface area contributed by atoms with Gasteiger partial charge in [0.25, 0.3) is 5.91 Å². The van der Waals surface area contributed by atoms with Gasteiger partial charge < -0.3 is 9.88 Å². The van der Waals surface area contributed by atoms with Crippen molar-refractivity contribution in [3.8, 4) is 0 Å². The zero-order valence-corrected chi connectivity index (χ0v) is 17.3. The average molecular weight is 429 g/mol. The summed E-state index contributed by atoms with van der Waals surface area (Å²) in [7, 11) is 0. The number of amides is 1. The van der Waals surface area contributed by atoms with E-state index in [0.717, 1.165) is 18.4 Å². The molecule has 6 nitrogen and oxygen atoms in total. The summed E-state index contributed by atoms with van der Waals surface area (Å²) in [6.07, 6.45) is 5.38. The van der Waals surface area contributed by atoms with E-state index >= 15 is 4.39 Å². The summed E-state index contributed by atoms with van der Waals surface area (Å²) in [5, 5.41) is 3.64. The van der Waals surface area contributed by atoms with Crippen LogP contribution in [0.4, 0.5) is 15.8 Å². The number of allylic oxidation sites excluding steroid dienone is 1. The van der Waals surface area contributed by atoms with Crippen LogP contribution in [-0.2, 0) is 11.4 Å². The fraction of sp³-hybridized carbons (Fsp3) is 0.273. The summed E-state index contributed by atoms with van der Waals surface area (Å²) in [6.45, 7) is 6.39. The van der Waals surface area contributed by atoms with Crippen LogP contribution in [0.15, 0.2) is 43.2 Å². The lowest BCUT2D eigenvalue weighted by atomic mass is 10.1. The van der Waals surface area contributed by atoms with Crippen LogP contribution < -0.4 is 10.8 Å². The Bertz CT molecular complexity index is 1120. The van der Waals surface area contributed by atoms with Crippen LogP contribution in [0, 0.1) is 18.7 Å². The molecule has 1 saturated carbocycles. The van der Waals surface area contributed by atoms with Gasteiger partial charge in [-0.1, -0.05) is 17.7 Å². The first kappa shape index (κ1) is 20.4. The van der Waals surface area contributed by atoms with Crippen LogP contribution in [0.25, 0.3) is 11.0 Å². The van der Waals surface area contributed by atoms with Gasteiger partial charge in [0.15, 0.2) is 5.82 Å². The van der Waals surface area contributed by atoms with E-state index in [9.17, 15) is 4.79 Å². The number of carbonyl (C=O) groups excluding carboxylic acids is 1. The minimum Gasteiger partial charge on any atom is -0.352 e. The monoisotopic (exact) mass is 428 g/mol. The van der Waals surface area contributed by atoms with Crippen molar-refractivity contribution in [2.45, 2.75) is 26.3 Å². The number of imidazole rings is 1. The van der Waals surface area contributed by atoms with Gasteiger partial charge in [-0.3, -0.25) is 9.63 Å². The summed E-state index contributed by atoms with van der Waals surface area (Å²) in [4.78, 5) is 22.4. The molecule has 156 valence electrons. The molecule has 0 saturated heterocycles. The fourth-order valence-corrected chi connectivity index (χ4v) is 3.46. The lowest BCUT2D eigenvalue weighted by Gasteiger charge is -2.16. The topological polar surface area (TPSA) is 68.2 Å². The molecule has 3 aromatic rings. The molecule has 2 aromatic carbocycles. The number of aryl methyl sites for hydroxylation is 1. The van der Waals surface area contributed by atoms with E-state index in [1.165, 1.54) is 6.33 Å². The van der Waals surface area contributed by atoms with E-state index in [4.69, 9.17) is 16.4 Å². The van der Waals surface area contributed by atoms with Crippen molar-refractivity contribution in [2.75, 3.05) is 11.9 Å². The quantitative estimate of drug-likeness (QED) is 0.385. The van der Waals surface area contributed by atoms with Crippen molar-refractivity contribution in [1.29, 1.82) is 0 Å². The molecule has 2 N–H and O–H groups in total. The number of anilines is 2. The van der Waals surface area contributed by atoms with Crippen LogP contribution in [0.2, 0.25) is 5.02 Å². The number of halogens is 2. The second-order valence-corrected chi connectivity index (χ2v) is 7.87. The number of carbonyl (C=O) groups is 1. The molecular formula is C22H22ClFN4O2. The largest absolute Gasteiger partial charge is 0.352 e. The second-order valence-electron chi connectivity index (χ2n) is 7.44. The van der Waals surface area contributed by atoms with Gasteiger partial charge in [-0.25, -0.2) is 14.9 Å². The van der Waals surface area contributed by atoms with E-state index in [2.05, 4.69) is 22.4 Å². The lowest BCUT2D eigenvalue weighted by Crippen LogP contribution is -2.26. The van der Waals surface area contributed by atoms with Crippen molar-refractivity contribution in [1.82, 2.24) is 15.0 Å². The third-order valence-corrected chi connectivity index (χ3v) is 5.28. The summed E-state index contributed by atoms with van der Waals surface area (Å²) < 4.78 is 17.3. The van der Waals surface area contributed by atoms with Gasteiger partial charge in [-0.15, -0.1) is 6.58 Å². The molecule has 1 aliphatic carbocycles. The van der Waals surface area contributed by atoms with Crippen molar-refractivity contribution in [2.24, 2.45) is 5.92 Å². The number of nitrogens with one attached hydrogen (secondary N) is 2. The van der Waals surface area contributed by atoms with Crippen LogP contribution in [0.5, 0.6) is 0 Å². The molecule has 1 aromatic heterocycles. The summed E-state index contributed by atoms with van der Waals surface area (Å²) in [5.74, 6) is -0.634. The number of aromatic nitrogens is 2. The molecular weight excluding hydrogens is 407 g/mol. The van der Waals surface area contributed by atoms with E-state index in [1.807, 2.05) is 6.92 Å². The van der Waals surface area contributed by atoms with Gasteiger partial charge >= 0.3 is 0 Å². The number of fused-ring (bicyclic) bond motifs is 1. The zero-order valence-electron chi connectivity index (χ0n) is 16.5. The zero-order chi connectivity index (χ0) is 21.3. The minimum absolute atomic E-state index is 0.0475. The summed E-state index contributed by atoms with van der Waals surface area (Å²) in [5.41, 5.74) is 4.70. The third kappa shape index (κ3) is 4.17. The summed E-state index contributed by atoms with van der Waals surface area (Å²) in [6, 6.07) is 6.77. The van der Waals surface area contributed by atoms with Gasteiger partial charge in [0, 0.05) is 17.3 Å². The van der Waals surface area contributed by atoms with Crippen LogP contribution in [0.3, 0.4) is 0 Å². The van der Waals surface area contributed by atoms with Crippen LogP contribution in [-0.4, -0.2) is 22.1 Å². The molecule has 1 amide bonds. The highest BCUT2D eigenvalue weighted by Crippen LogP contribution is 2.33. The molecule has 0 atom stereocenters. The lowest BCUT2D eigenvalue weighted by molar-refractivity contribution is 0.0271. The average Bonchev–Trinajstić information content (AvgIpc) is 3.45. The molecule has 0 aliphatic heterocycles. The van der Waals surface area contributed by atoms with Crippen molar-refractivity contribution in [3.63, 3.8) is 0 Å². The van der Waals surface area contributed by atoms with E-state index < -0.39 is 11.7 Å². The predicted octanol–water partition coefficient (Wildman–Crippen LogP) is 5.14. The normalized spacial score (nSPS) is 13.4. The summed E-state index contributed by atoms with van der Waals surface area (Å²) >= 11 is 6.04. The van der Waals surface area contributed by atoms with E-state index in [-0.39, 0.29) is 11.3 Å². The molecule has 0 unspecified atom stereocenters. The Morgan fingerprint density at radius 1 is 1.43 bits per heavy atom. The van der Waals surface area contributed by atoms with Crippen molar-refractivity contribution >= 4 is 39.9 Å². The SMILES string of the molecule is C=CCn1cnc2cc(C(=O)NOCC3CC3)c(Nc3ccc(Cl)cc3C)c(F)c21. The number of nitrogens with zero attached hydrogens (tertiary/aromatic N) is 2. The van der Waals surface area contributed by atoms with E-state index in [1.54, 1.807) is 34.9 Å². The van der Waals surface area contributed by atoms with Gasteiger partial charge in [0.2, 0.25) is 0 Å². The Kier molecular flexibility index (Phi) is 5.74. The Hall–Kier alpha value is -2.90. The Morgan fingerprint density at radius 3 is 2.93 bits per heavy atom. The molecule has 30 heavy (non-hydrogen) atoms. The molecule has 0 spiro atoms. The van der Waals surface area contributed by atoms with Crippen molar-refractivity contribution in [3.05, 3.63) is 65.2 Å². The molecule has 0 bridgehead atoms. The number of rotatable bonds is 8. The maximum Gasteiger partial charge on any atom is 0.277 e. The van der Waals surface area contributed by atoms with Crippen LogP contribution in [0.1, 0.15) is 28.8 Å². The number of hydrogen-bond acceptors (Lipinski definition) is 4. The highest BCUT2D eigenvalue weighted by molar-refractivity contribution is 6.30. The van der Waals surface area contributed by atoms with Crippen LogP contribution >= 0.6 is 11.6 Å². The number of hydrogen-bond donors (Lipinski definition) is 2. The molecule has 1 aliphatic rings. The minimum atomic E-state index is -0.575. The second kappa shape index (κ2) is 8.45. The Balaban J connectivity index is 1.76. The highest BCUT2D eigenvalue weighted by atomic mass is 35.5. The maximum atomic E-state index is 15.7. The smallest absolute Gasteiger partial charge is 0.277 e. The third-order valence-electron chi connectivity index (χ3n) is 5.04. The Morgan fingerprint density at radius 2 is 2.23 bits per heavy atom. The molecule has 1 fully saturated rings. The predicted molar refractivity (Wildman–Crippen MR) is 116 cm³/mol. The maximum absolute atomic E-state index is 15.7. The first-order chi connectivity index (χ1) is 14.5. The van der Waals surface area contributed by atoms with Gasteiger partial charge in [0.1, 0.15) is 5.52 Å². The first-order valence-electron chi connectivity index (χ1n) is 9.71. The number of benzene rings is 2. The van der Waals surface area contributed by atoms with Crippen molar-refractivity contribution < 1.29 is 14.0 Å². The molecule has 0 radical (unpaired) electrons. The molecule has 8 heteroatoms. The fourth-order valence-electron chi connectivity index (χ4n) is 3.23. The van der Waals surface area contributed by atoms with Gasteiger partial charge in [0.05, 0.1) is 29.7 Å².